The molecule has 6 nitrogen and oxygen atoms in total. The number of nitrogens with zero attached hydrogens (tertiary/aromatic N) is 3. The molecular formula is C25H27FN4O2. The van der Waals surface area contributed by atoms with E-state index in [2.05, 4.69) is 28.2 Å². The Morgan fingerprint density at radius 1 is 1.19 bits per heavy atom. The molecule has 1 atom stereocenters. The fourth-order valence-electron chi connectivity index (χ4n) is 4.50. The largest absolute Gasteiger partial charge is 0.422 e. The zero-order valence-electron chi connectivity index (χ0n) is 18.4. The number of halogens is 1. The maximum Gasteiger partial charge on any atom is 0.343 e. The van der Waals surface area contributed by atoms with Gasteiger partial charge in [0.05, 0.1) is 28.6 Å². The minimum Gasteiger partial charge on any atom is -0.422 e. The van der Waals surface area contributed by atoms with Crippen molar-refractivity contribution in [1.82, 2.24) is 10.2 Å². The zero-order valence-corrected chi connectivity index (χ0v) is 18.4. The molecule has 4 heterocycles. The molecule has 2 aromatic rings. The molecule has 1 N–H and O–H groups in total. The number of anilines is 1. The highest BCUT2D eigenvalue weighted by Crippen LogP contribution is 2.33. The lowest BCUT2D eigenvalue weighted by molar-refractivity contribution is 0.551. The van der Waals surface area contributed by atoms with Gasteiger partial charge in [-0.2, -0.15) is 0 Å². The van der Waals surface area contributed by atoms with Gasteiger partial charge < -0.3 is 19.5 Å². The molecule has 0 spiro atoms. The fourth-order valence-corrected chi connectivity index (χ4v) is 4.50. The summed E-state index contributed by atoms with van der Waals surface area (Å²) in [5, 5.41) is 3.68. The Bertz CT molecular complexity index is 1230. The van der Waals surface area contributed by atoms with Crippen molar-refractivity contribution >= 4 is 28.4 Å². The van der Waals surface area contributed by atoms with Crippen molar-refractivity contribution in [1.29, 1.82) is 0 Å². The molecule has 1 saturated heterocycles. The Hall–Kier alpha value is -3.19. The minimum atomic E-state index is -0.445. The lowest BCUT2D eigenvalue weighted by Gasteiger charge is -2.23. The first-order valence-electron chi connectivity index (χ1n) is 11.2. The van der Waals surface area contributed by atoms with Crippen molar-refractivity contribution in [3.63, 3.8) is 0 Å². The van der Waals surface area contributed by atoms with E-state index in [4.69, 9.17) is 4.42 Å². The van der Waals surface area contributed by atoms with Gasteiger partial charge in [0.15, 0.2) is 0 Å². The number of hydrogen-bond acceptors (Lipinski definition) is 6. The molecule has 166 valence electrons. The average Bonchev–Trinajstić information content (AvgIpc) is 3.13. The third kappa shape index (κ3) is 3.88. The molecule has 0 bridgehead atoms. The van der Waals surface area contributed by atoms with Crippen LogP contribution in [0.25, 0.3) is 16.5 Å². The van der Waals surface area contributed by atoms with E-state index in [1.165, 1.54) is 0 Å². The van der Waals surface area contributed by atoms with Gasteiger partial charge in [0.25, 0.3) is 0 Å². The summed E-state index contributed by atoms with van der Waals surface area (Å²) in [4.78, 5) is 21.5. The van der Waals surface area contributed by atoms with Gasteiger partial charge in [-0.3, -0.25) is 4.99 Å². The highest BCUT2D eigenvalue weighted by Gasteiger charge is 2.23. The first-order valence-corrected chi connectivity index (χ1v) is 11.2. The van der Waals surface area contributed by atoms with Crippen LogP contribution in [0.4, 0.5) is 10.1 Å². The number of rotatable bonds is 2. The lowest BCUT2D eigenvalue weighted by Crippen LogP contribution is -2.27. The average molecular weight is 435 g/mol. The Morgan fingerprint density at radius 2 is 2.06 bits per heavy atom. The van der Waals surface area contributed by atoms with Crippen molar-refractivity contribution in [3.8, 4) is 0 Å². The lowest BCUT2D eigenvalue weighted by atomic mass is 9.93. The highest BCUT2D eigenvalue weighted by molar-refractivity contribution is 5.86. The van der Waals surface area contributed by atoms with Gasteiger partial charge in [0, 0.05) is 43.8 Å². The predicted molar refractivity (Wildman–Crippen MR) is 126 cm³/mol. The standard InChI is InChI=1S/C25H27FN4O2/c1-16-4-5-18-13-28-17(2)14-30(18)15-22(16)20-12-21-23(26)10-19(11-24(21)32-25(20)31)29-8-3-6-27-7-9-29/h5,10-16,27H,3-4,6-9H2,1-2H3. The zero-order chi connectivity index (χ0) is 22.2. The molecule has 0 radical (unpaired) electrons. The normalized spacial score (nSPS) is 21.5. The van der Waals surface area contributed by atoms with Crippen molar-refractivity contribution < 1.29 is 8.81 Å². The summed E-state index contributed by atoms with van der Waals surface area (Å²) in [6.45, 7) is 7.41. The maximum atomic E-state index is 15.2. The van der Waals surface area contributed by atoms with E-state index in [9.17, 15) is 4.79 Å². The van der Waals surface area contributed by atoms with E-state index >= 15 is 4.39 Å². The SMILES string of the molecule is CC1=CN2C=C(c3cc4c(F)cc(N5CCCNCC5)cc4oc3=O)C(C)CC=C2C=N1. The molecule has 1 fully saturated rings. The van der Waals surface area contributed by atoms with Crippen molar-refractivity contribution in [2.45, 2.75) is 26.7 Å². The summed E-state index contributed by atoms with van der Waals surface area (Å²) in [7, 11) is 0. The van der Waals surface area contributed by atoms with Crippen LogP contribution in [-0.2, 0) is 0 Å². The van der Waals surface area contributed by atoms with Crippen molar-refractivity contribution in [2.24, 2.45) is 10.9 Å². The van der Waals surface area contributed by atoms with Gasteiger partial charge >= 0.3 is 5.63 Å². The molecule has 32 heavy (non-hydrogen) atoms. The van der Waals surface area contributed by atoms with Gasteiger partial charge in [0.1, 0.15) is 11.4 Å². The Morgan fingerprint density at radius 3 is 2.94 bits per heavy atom. The molecule has 5 rings (SSSR count). The van der Waals surface area contributed by atoms with Gasteiger partial charge in [-0.25, -0.2) is 9.18 Å². The van der Waals surface area contributed by atoms with Crippen LogP contribution in [0.5, 0.6) is 0 Å². The number of fused-ring (bicyclic) bond motifs is 2. The van der Waals surface area contributed by atoms with Crippen LogP contribution < -0.4 is 15.8 Å². The Labute approximate surface area is 186 Å². The van der Waals surface area contributed by atoms with E-state index in [0.29, 0.717) is 10.9 Å². The van der Waals surface area contributed by atoms with Crippen LogP contribution in [0.1, 0.15) is 32.3 Å². The Kier molecular flexibility index (Phi) is 5.43. The highest BCUT2D eigenvalue weighted by atomic mass is 19.1. The van der Waals surface area contributed by atoms with Crippen LogP contribution in [0.15, 0.2) is 62.3 Å². The third-order valence-corrected chi connectivity index (χ3v) is 6.32. The molecule has 0 saturated carbocycles. The quantitative estimate of drug-likeness (QED) is 0.717. The van der Waals surface area contributed by atoms with Crippen molar-refractivity contribution in [3.05, 3.63) is 69.9 Å². The van der Waals surface area contributed by atoms with Crippen LogP contribution in [0.2, 0.25) is 0 Å². The third-order valence-electron chi connectivity index (χ3n) is 6.32. The minimum absolute atomic E-state index is 0.0718. The second-order valence-corrected chi connectivity index (χ2v) is 8.66. The van der Waals surface area contributed by atoms with Gasteiger partial charge in [-0.05, 0) is 49.9 Å². The molecule has 1 unspecified atom stereocenters. The van der Waals surface area contributed by atoms with E-state index in [0.717, 1.165) is 61.7 Å². The summed E-state index contributed by atoms with van der Waals surface area (Å²) in [6.07, 6.45) is 9.52. The predicted octanol–water partition coefficient (Wildman–Crippen LogP) is 4.24. The van der Waals surface area contributed by atoms with E-state index in [1.54, 1.807) is 18.2 Å². The number of aliphatic imine (C=N–C) groups is 1. The van der Waals surface area contributed by atoms with Gasteiger partial charge in [-0.15, -0.1) is 0 Å². The van der Waals surface area contributed by atoms with Crippen molar-refractivity contribution in [2.75, 3.05) is 31.1 Å². The maximum absolute atomic E-state index is 15.2. The first kappa shape index (κ1) is 20.7. The molecule has 1 aromatic heterocycles. The molecule has 3 aliphatic rings. The molecule has 7 heteroatoms. The van der Waals surface area contributed by atoms with Gasteiger partial charge in [-0.1, -0.05) is 13.0 Å². The summed E-state index contributed by atoms with van der Waals surface area (Å²) in [5.41, 5.74) is 3.66. The fraction of sp³-hybridized carbons (Fsp3) is 0.360. The molecule has 0 amide bonds. The number of allylic oxidation sites excluding steroid dienone is 4. The van der Waals surface area contributed by atoms with Crippen LogP contribution in [-0.4, -0.2) is 37.3 Å². The summed E-state index contributed by atoms with van der Waals surface area (Å²) >= 11 is 0. The molecule has 1 aromatic carbocycles. The molecule has 0 aliphatic carbocycles. The van der Waals surface area contributed by atoms with Crippen LogP contribution in [0, 0.1) is 11.7 Å². The number of hydrogen-bond donors (Lipinski definition) is 1. The summed E-state index contributed by atoms with van der Waals surface area (Å²) in [5.74, 6) is -0.302. The molecular weight excluding hydrogens is 407 g/mol. The van der Waals surface area contributed by atoms with Gasteiger partial charge in [0.2, 0.25) is 0 Å². The first-order chi connectivity index (χ1) is 15.5. The van der Waals surface area contributed by atoms with E-state index < -0.39 is 5.63 Å². The van der Waals surface area contributed by atoms with Crippen LogP contribution in [0.3, 0.4) is 0 Å². The molecule has 3 aliphatic heterocycles. The second-order valence-electron chi connectivity index (χ2n) is 8.66. The van der Waals surface area contributed by atoms with E-state index in [1.807, 2.05) is 30.4 Å². The summed E-state index contributed by atoms with van der Waals surface area (Å²) < 4.78 is 20.9. The monoisotopic (exact) mass is 434 g/mol. The van der Waals surface area contributed by atoms with Crippen LogP contribution >= 0.6 is 0 Å². The number of benzene rings is 1. The Balaban J connectivity index is 1.57. The topological polar surface area (TPSA) is 61.1 Å². The summed E-state index contributed by atoms with van der Waals surface area (Å²) in [6, 6.07) is 4.98. The van der Waals surface area contributed by atoms with E-state index in [-0.39, 0.29) is 17.3 Å². The number of nitrogens with one attached hydrogen (secondary N) is 1. The second kappa shape index (κ2) is 8.39. The smallest absolute Gasteiger partial charge is 0.343 e.